The molecule has 2 nitrogen and oxygen atoms in total. The highest BCUT2D eigenvalue weighted by molar-refractivity contribution is 4.98. The molecule has 0 aromatic rings. The van der Waals surface area contributed by atoms with E-state index in [1.165, 1.54) is 19.3 Å². The average molecular weight is 212 g/mol. The minimum atomic E-state index is 0.339. The molecule has 5 unspecified atom stereocenters. The molecular formula is C13H24O2. The molecule has 2 N–H and O–H groups in total. The maximum atomic E-state index is 9.04. The molecule has 5 atom stereocenters. The molecule has 2 aliphatic carbocycles. The molecule has 2 rings (SSSR count). The van der Waals surface area contributed by atoms with Gasteiger partial charge in [0.2, 0.25) is 0 Å². The summed E-state index contributed by atoms with van der Waals surface area (Å²) in [4.78, 5) is 0. The monoisotopic (exact) mass is 212 g/mol. The van der Waals surface area contributed by atoms with Crippen molar-refractivity contribution in [2.24, 2.45) is 29.6 Å². The van der Waals surface area contributed by atoms with Gasteiger partial charge in [-0.3, -0.25) is 0 Å². The third-order valence-electron chi connectivity index (χ3n) is 4.95. The number of hydrogen-bond acceptors (Lipinski definition) is 2. The molecule has 2 aliphatic rings. The predicted molar refractivity (Wildman–Crippen MR) is 60.4 cm³/mol. The maximum absolute atomic E-state index is 9.04. The zero-order valence-electron chi connectivity index (χ0n) is 9.73. The number of aliphatic hydroxyl groups excluding tert-OH is 2. The van der Waals surface area contributed by atoms with Gasteiger partial charge in [0.25, 0.3) is 0 Å². The van der Waals surface area contributed by atoms with E-state index in [4.69, 9.17) is 10.2 Å². The van der Waals surface area contributed by atoms with Crippen LogP contribution >= 0.6 is 0 Å². The zero-order valence-corrected chi connectivity index (χ0v) is 9.73. The summed E-state index contributed by atoms with van der Waals surface area (Å²) in [5, 5.41) is 18.0. The second kappa shape index (κ2) is 4.84. The fourth-order valence-electron chi connectivity index (χ4n) is 4.20. The molecule has 2 fully saturated rings. The minimum absolute atomic E-state index is 0.339. The summed E-state index contributed by atoms with van der Waals surface area (Å²) in [7, 11) is 0. The summed E-state index contributed by atoms with van der Waals surface area (Å²) in [6, 6.07) is 0. The molecule has 0 heterocycles. The first-order chi connectivity index (χ1) is 7.27. The van der Waals surface area contributed by atoms with Crippen LogP contribution in [0.15, 0.2) is 0 Å². The summed E-state index contributed by atoms with van der Waals surface area (Å²) in [6.07, 6.45) is 5.90. The molecule has 0 aromatic heterocycles. The van der Waals surface area contributed by atoms with Crippen molar-refractivity contribution in [3.8, 4) is 0 Å². The summed E-state index contributed by atoms with van der Waals surface area (Å²) in [5.74, 6) is 4.22. The molecule has 2 heteroatoms. The molecule has 2 bridgehead atoms. The highest BCUT2D eigenvalue weighted by Crippen LogP contribution is 2.57. The van der Waals surface area contributed by atoms with Crippen LogP contribution in [0.5, 0.6) is 0 Å². The molecule has 0 radical (unpaired) electrons. The van der Waals surface area contributed by atoms with Gasteiger partial charge in [0.05, 0.1) is 0 Å². The lowest BCUT2D eigenvalue weighted by molar-refractivity contribution is 0.128. The Kier molecular flexibility index (Phi) is 3.68. The Labute approximate surface area is 92.7 Å². The third kappa shape index (κ3) is 2.07. The zero-order chi connectivity index (χ0) is 10.8. The van der Waals surface area contributed by atoms with Crippen LogP contribution in [-0.4, -0.2) is 23.4 Å². The van der Waals surface area contributed by atoms with Crippen molar-refractivity contribution in [2.75, 3.05) is 13.2 Å². The van der Waals surface area contributed by atoms with Crippen molar-refractivity contribution in [3.63, 3.8) is 0 Å². The van der Waals surface area contributed by atoms with E-state index in [1.54, 1.807) is 0 Å². The van der Waals surface area contributed by atoms with Gasteiger partial charge in [-0.05, 0) is 61.7 Å². The number of hydrogen-bond donors (Lipinski definition) is 2. The van der Waals surface area contributed by atoms with E-state index in [-0.39, 0.29) is 0 Å². The second-order valence-corrected chi connectivity index (χ2v) is 5.56. The topological polar surface area (TPSA) is 40.5 Å². The molecule has 0 spiro atoms. The van der Waals surface area contributed by atoms with Gasteiger partial charge in [-0.25, -0.2) is 0 Å². The molecule has 0 amide bonds. The van der Waals surface area contributed by atoms with Gasteiger partial charge < -0.3 is 10.2 Å². The van der Waals surface area contributed by atoms with E-state index in [2.05, 4.69) is 6.92 Å². The summed E-state index contributed by atoms with van der Waals surface area (Å²) < 4.78 is 0. The Bertz CT molecular complexity index is 205. The number of rotatable bonds is 5. The normalized spacial score (nSPS) is 43.8. The van der Waals surface area contributed by atoms with Crippen LogP contribution in [0.3, 0.4) is 0 Å². The quantitative estimate of drug-likeness (QED) is 0.732. The standard InChI is InChI=1S/C13H24O2/c1-9-11-7-10(4-6-15)13(8-11)12(9)3-2-5-14/h9-15H,2-8H2,1H3. The predicted octanol–water partition coefficient (Wildman–Crippen LogP) is 2.05. The first kappa shape index (κ1) is 11.4. The van der Waals surface area contributed by atoms with E-state index in [0.29, 0.717) is 13.2 Å². The van der Waals surface area contributed by atoms with Crippen LogP contribution in [0, 0.1) is 29.6 Å². The molecule has 15 heavy (non-hydrogen) atoms. The van der Waals surface area contributed by atoms with Crippen LogP contribution < -0.4 is 0 Å². The van der Waals surface area contributed by atoms with E-state index in [1.807, 2.05) is 0 Å². The van der Waals surface area contributed by atoms with Gasteiger partial charge in [-0.2, -0.15) is 0 Å². The molecule has 0 aliphatic heterocycles. The van der Waals surface area contributed by atoms with Crippen LogP contribution in [-0.2, 0) is 0 Å². The van der Waals surface area contributed by atoms with Crippen molar-refractivity contribution in [1.82, 2.24) is 0 Å². The minimum Gasteiger partial charge on any atom is -0.396 e. The lowest BCUT2D eigenvalue weighted by Crippen LogP contribution is -2.27. The Morgan fingerprint density at radius 2 is 1.87 bits per heavy atom. The van der Waals surface area contributed by atoms with Crippen molar-refractivity contribution in [3.05, 3.63) is 0 Å². The fraction of sp³-hybridized carbons (Fsp3) is 1.00. The van der Waals surface area contributed by atoms with Gasteiger partial charge >= 0.3 is 0 Å². The highest BCUT2D eigenvalue weighted by atomic mass is 16.3. The number of fused-ring (bicyclic) bond motifs is 2. The first-order valence-corrected chi connectivity index (χ1v) is 6.49. The van der Waals surface area contributed by atoms with Gasteiger partial charge in [0.1, 0.15) is 0 Å². The van der Waals surface area contributed by atoms with Crippen molar-refractivity contribution in [1.29, 1.82) is 0 Å². The average Bonchev–Trinajstić information content (AvgIpc) is 2.74. The summed E-state index contributed by atoms with van der Waals surface area (Å²) in [5.41, 5.74) is 0. The van der Waals surface area contributed by atoms with Crippen LogP contribution in [0.1, 0.15) is 39.0 Å². The molecule has 2 saturated carbocycles. The van der Waals surface area contributed by atoms with Crippen molar-refractivity contribution < 1.29 is 10.2 Å². The van der Waals surface area contributed by atoms with Crippen LogP contribution in [0.2, 0.25) is 0 Å². The van der Waals surface area contributed by atoms with Crippen LogP contribution in [0.25, 0.3) is 0 Å². The maximum Gasteiger partial charge on any atom is 0.0433 e. The third-order valence-corrected chi connectivity index (χ3v) is 4.95. The Hall–Kier alpha value is -0.0800. The largest absolute Gasteiger partial charge is 0.396 e. The van der Waals surface area contributed by atoms with Gasteiger partial charge in [-0.1, -0.05) is 6.92 Å². The molecule has 88 valence electrons. The molecule has 0 aromatic carbocycles. The van der Waals surface area contributed by atoms with Gasteiger partial charge in [-0.15, -0.1) is 0 Å². The Balaban J connectivity index is 1.93. The lowest BCUT2D eigenvalue weighted by atomic mass is 9.72. The first-order valence-electron chi connectivity index (χ1n) is 6.49. The second-order valence-electron chi connectivity index (χ2n) is 5.56. The Morgan fingerprint density at radius 3 is 2.47 bits per heavy atom. The highest BCUT2D eigenvalue weighted by Gasteiger charge is 2.49. The smallest absolute Gasteiger partial charge is 0.0433 e. The molecule has 0 saturated heterocycles. The number of aliphatic hydroxyl groups is 2. The van der Waals surface area contributed by atoms with E-state index in [9.17, 15) is 0 Å². The summed E-state index contributed by atoms with van der Waals surface area (Å²) >= 11 is 0. The van der Waals surface area contributed by atoms with Gasteiger partial charge in [0, 0.05) is 13.2 Å². The van der Waals surface area contributed by atoms with Crippen LogP contribution in [0.4, 0.5) is 0 Å². The van der Waals surface area contributed by atoms with Crippen molar-refractivity contribution >= 4 is 0 Å². The molecular weight excluding hydrogens is 188 g/mol. The fourth-order valence-corrected chi connectivity index (χ4v) is 4.20. The lowest BCUT2D eigenvalue weighted by Gasteiger charge is -2.34. The van der Waals surface area contributed by atoms with Gasteiger partial charge in [0.15, 0.2) is 0 Å². The summed E-state index contributed by atoms with van der Waals surface area (Å²) in [6.45, 7) is 3.09. The SMILES string of the molecule is CC1C2CC(CCO)C(C2)C1CCCO. The van der Waals surface area contributed by atoms with Crippen molar-refractivity contribution in [2.45, 2.75) is 39.0 Å². The van der Waals surface area contributed by atoms with E-state index < -0.39 is 0 Å². The van der Waals surface area contributed by atoms with E-state index >= 15 is 0 Å². The van der Waals surface area contributed by atoms with E-state index in [0.717, 1.165) is 42.4 Å². The Morgan fingerprint density at radius 1 is 1.07 bits per heavy atom.